The first-order chi connectivity index (χ1) is 15.7. The van der Waals surface area contributed by atoms with Gasteiger partial charge in [-0.1, -0.05) is 26.0 Å². The summed E-state index contributed by atoms with van der Waals surface area (Å²) in [6.45, 7) is 6.69. The number of amides is 1. The summed E-state index contributed by atoms with van der Waals surface area (Å²) in [7, 11) is 0. The van der Waals surface area contributed by atoms with Crippen molar-refractivity contribution < 1.29 is 23.8 Å². The maximum Gasteiger partial charge on any atom is 0.217 e. The van der Waals surface area contributed by atoms with Gasteiger partial charge in [-0.2, -0.15) is 0 Å². The molecule has 0 saturated heterocycles. The van der Waals surface area contributed by atoms with Gasteiger partial charge in [0.1, 0.15) is 11.6 Å². The average molecular weight is 464 g/mol. The lowest BCUT2D eigenvalue weighted by molar-refractivity contribution is -0.120. The fourth-order valence-electron chi connectivity index (χ4n) is 3.78. The molecule has 1 amide bonds. The summed E-state index contributed by atoms with van der Waals surface area (Å²) < 4.78 is 27.1. The molecule has 0 aliphatic carbocycles. The molecule has 6 nitrogen and oxygen atoms in total. The summed E-state index contributed by atoms with van der Waals surface area (Å²) in [5, 5.41) is 28.9. The van der Waals surface area contributed by atoms with Crippen molar-refractivity contribution in [1.29, 1.82) is 0 Å². The molecule has 0 aliphatic heterocycles. The van der Waals surface area contributed by atoms with E-state index in [0.717, 1.165) is 23.7 Å². The third-order valence-corrected chi connectivity index (χ3v) is 5.14. The van der Waals surface area contributed by atoms with Crippen molar-refractivity contribution in [3.63, 3.8) is 0 Å². The average Bonchev–Trinajstić information content (AvgIpc) is 2.71. The number of nitrogens with one attached hydrogen (secondary N) is 3. The van der Waals surface area contributed by atoms with E-state index in [9.17, 15) is 18.7 Å². The molecule has 2 rings (SSSR count). The van der Waals surface area contributed by atoms with Crippen LogP contribution >= 0.6 is 0 Å². The first-order valence-corrected chi connectivity index (χ1v) is 11.2. The van der Waals surface area contributed by atoms with Crippen LogP contribution in [0.15, 0.2) is 36.4 Å². The highest BCUT2D eigenvalue weighted by molar-refractivity contribution is 5.73. The minimum atomic E-state index is -0.979. The van der Waals surface area contributed by atoms with Crippen molar-refractivity contribution in [2.45, 2.75) is 52.3 Å². The Morgan fingerprint density at radius 1 is 1.03 bits per heavy atom. The highest BCUT2D eigenvalue weighted by Crippen LogP contribution is 2.20. The van der Waals surface area contributed by atoms with Gasteiger partial charge in [0.25, 0.3) is 0 Å². The van der Waals surface area contributed by atoms with E-state index in [2.05, 4.69) is 41.9 Å². The Morgan fingerprint density at radius 2 is 1.73 bits per heavy atom. The second-order valence-electron chi connectivity index (χ2n) is 8.73. The van der Waals surface area contributed by atoms with E-state index >= 15 is 0 Å². The molecule has 2 aromatic rings. The molecule has 0 bridgehead atoms. The van der Waals surface area contributed by atoms with Crippen LogP contribution in [0.2, 0.25) is 0 Å². The molecule has 0 radical (unpaired) electrons. The molecule has 5 N–H and O–H groups in total. The number of carbonyl (C=O) groups is 1. The zero-order valence-corrected chi connectivity index (χ0v) is 19.5. The summed E-state index contributed by atoms with van der Waals surface area (Å²) >= 11 is 0. The Hall–Kier alpha value is -2.55. The molecule has 0 aliphatic rings. The Bertz CT molecular complexity index is 888. The molecule has 0 saturated carbocycles. The lowest BCUT2D eigenvalue weighted by Crippen LogP contribution is -2.48. The monoisotopic (exact) mass is 463 g/mol. The predicted octanol–water partition coefficient (Wildman–Crippen LogP) is 2.77. The van der Waals surface area contributed by atoms with Crippen LogP contribution in [0.3, 0.4) is 0 Å². The lowest BCUT2D eigenvalue weighted by Gasteiger charge is -2.24. The second kappa shape index (κ2) is 13.2. The topological polar surface area (TPSA) is 93.6 Å². The van der Waals surface area contributed by atoms with Crippen molar-refractivity contribution in [1.82, 2.24) is 10.6 Å². The number of rotatable bonds is 13. The van der Waals surface area contributed by atoms with Crippen LogP contribution in [-0.4, -0.2) is 48.0 Å². The number of hydrogen-bond donors (Lipinski definition) is 5. The Morgan fingerprint density at radius 3 is 2.33 bits per heavy atom. The van der Waals surface area contributed by atoms with Crippen LogP contribution in [0.1, 0.15) is 37.5 Å². The summed E-state index contributed by atoms with van der Waals surface area (Å²) in [5.41, 5.74) is 3.44. The lowest BCUT2D eigenvalue weighted by atomic mass is 9.99. The highest BCUT2D eigenvalue weighted by Gasteiger charge is 2.21. The molecular formula is C25H35F2N3O3. The van der Waals surface area contributed by atoms with Crippen molar-refractivity contribution in [2.75, 3.05) is 25.0 Å². The van der Waals surface area contributed by atoms with Gasteiger partial charge < -0.3 is 26.2 Å². The smallest absolute Gasteiger partial charge is 0.217 e. The van der Waals surface area contributed by atoms with Crippen molar-refractivity contribution in [2.24, 2.45) is 5.92 Å². The maximum absolute atomic E-state index is 13.5. The van der Waals surface area contributed by atoms with Gasteiger partial charge in [0.15, 0.2) is 0 Å². The molecule has 8 heteroatoms. The molecule has 2 atom stereocenters. The first-order valence-electron chi connectivity index (χ1n) is 11.2. The maximum atomic E-state index is 13.5. The number of aliphatic hydroxyl groups excluding tert-OH is 2. The fourth-order valence-corrected chi connectivity index (χ4v) is 3.78. The third kappa shape index (κ3) is 9.45. The van der Waals surface area contributed by atoms with Crippen molar-refractivity contribution in [3.8, 4) is 0 Å². The van der Waals surface area contributed by atoms with E-state index in [1.54, 1.807) is 0 Å². The third-order valence-electron chi connectivity index (χ3n) is 5.14. The molecule has 0 fully saturated rings. The Kier molecular flexibility index (Phi) is 10.7. The number of hydrogen-bond acceptors (Lipinski definition) is 5. The van der Waals surface area contributed by atoms with E-state index in [1.165, 1.54) is 24.6 Å². The van der Waals surface area contributed by atoms with E-state index in [-0.39, 0.29) is 25.5 Å². The molecule has 0 unspecified atom stereocenters. The minimum absolute atomic E-state index is 0.0123. The molecule has 0 heterocycles. The summed E-state index contributed by atoms with van der Waals surface area (Å²) in [4.78, 5) is 11.6. The van der Waals surface area contributed by atoms with Gasteiger partial charge in [0, 0.05) is 38.3 Å². The van der Waals surface area contributed by atoms with Gasteiger partial charge in [-0.3, -0.25) is 4.79 Å². The largest absolute Gasteiger partial charge is 0.395 e. The number of aliphatic hydroxyl groups is 2. The number of carbonyl (C=O) groups excluding carboxylic acids is 1. The Labute approximate surface area is 194 Å². The molecule has 0 aromatic heterocycles. The van der Waals surface area contributed by atoms with Gasteiger partial charge in [0.2, 0.25) is 5.91 Å². The SMILES string of the molecule is CC(=O)N[C@@H](Cc1cc(F)cc(F)c1)[C@@H](O)CNCc1cc(CC(C)C)ccc1NCCO. The van der Waals surface area contributed by atoms with E-state index in [1.807, 2.05) is 6.07 Å². The molecule has 2 aromatic carbocycles. The standard InChI is InChI=1S/C25H35F2N3O3/c1-16(2)8-18-4-5-23(29-6-7-31)20(9-18)14-28-15-25(33)24(30-17(3)32)12-19-10-21(26)13-22(27)11-19/h4-5,9-11,13,16,24-25,28-29,31,33H,6-8,12,14-15H2,1-3H3,(H,30,32)/t24-,25-/m0/s1. The van der Waals surface area contributed by atoms with E-state index in [0.29, 0.717) is 24.6 Å². The number of benzene rings is 2. The minimum Gasteiger partial charge on any atom is -0.395 e. The fraction of sp³-hybridized carbons (Fsp3) is 0.480. The number of anilines is 1. The number of halogens is 2. The quantitative estimate of drug-likeness (QED) is 0.315. The normalized spacial score (nSPS) is 13.1. The molecular weight excluding hydrogens is 428 g/mol. The van der Waals surface area contributed by atoms with Crippen LogP contribution in [-0.2, 0) is 24.2 Å². The summed E-state index contributed by atoms with van der Waals surface area (Å²) in [6.07, 6.45) is 0.0440. The van der Waals surface area contributed by atoms with Crippen LogP contribution in [0.25, 0.3) is 0 Å². The van der Waals surface area contributed by atoms with Gasteiger partial charge in [-0.15, -0.1) is 0 Å². The van der Waals surface area contributed by atoms with E-state index in [4.69, 9.17) is 5.11 Å². The highest BCUT2D eigenvalue weighted by atomic mass is 19.1. The zero-order valence-electron chi connectivity index (χ0n) is 19.5. The van der Waals surface area contributed by atoms with Crippen LogP contribution in [0.4, 0.5) is 14.5 Å². The van der Waals surface area contributed by atoms with Crippen LogP contribution < -0.4 is 16.0 Å². The Balaban J connectivity index is 2.06. The molecule has 33 heavy (non-hydrogen) atoms. The van der Waals surface area contributed by atoms with Crippen LogP contribution in [0.5, 0.6) is 0 Å². The first kappa shape index (κ1) is 26.7. The van der Waals surface area contributed by atoms with Crippen molar-refractivity contribution in [3.05, 3.63) is 64.7 Å². The van der Waals surface area contributed by atoms with E-state index < -0.39 is 23.8 Å². The molecule has 182 valence electrons. The van der Waals surface area contributed by atoms with Crippen molar-refractivity contribution >= 4 is 11.6 Å². The molecule has 0 spiro atoms. The summed E-state index contributed by atoms with van der Waals surface area (Å²) in [6, 6.07) is 8.59. The van der Waals surface area contributed by atoms with Gasteiger partial charge in [0.05, 0.1) is 18.8 Å². The summed E-state index contributed by atoms with van der Waals surface area (Å²) in [5.74, 6) is -1.24. The second-order valence-corrected chi connectivity index (χ2v) is 8.73. The predicted molar refractivity (Wildman–Crippen MR) is 126 cm³/mol. The van der Waals surface area contributed by atoms with Gasteiger partial charge >= 0.3 is 0 Å². The zero-order chi connectivity index (χ0) is 24.4. The van der Waals surface area contributed by atoms with Gasteiger partial charge in [-0.05, 0) is 53.6 Å². The van der Waals surface area contributed by atoms with Crippen LogP contribution in [0, 0.1) is 17.6 Å². The van der Waals surface area contributed by atoms with Gasteiger partial charge in [-0.25, -0.2) is 8.78 Å².